The lowest BCUT2D eigenvalue weighted by Gasteiger charge is -2.02. The molecule has 0 aliphatic rings. The Morgan fingerprint density at radius 3 is 2.58 bits per heavy atom. The van der Waals surface area contributed by atoms with Crippen LogP contribution in [0.4, 0.5) is 0 Å². The molecule has 0 radical (unpaired) electrons. The van der Waals surface area contributed by atoms with Crippen LogP contribution in [0.15, 0.2) is 72.0 Å². The quantitative estimate of drug-likeness (QED) is 0.513. The maximum Gasteiger partial charge on any atom is 0.291 e. The highest BCUT2D eigenvalue weighted by molar-refractivity contribution is 7.15. The summed E-state index contributed by atoms with van der Waals surface area (Å²) in [6.07, 6.45) is 3.55. The van der Waals surface area contributed by atoms with E-state index in [2.05, 4.69) is 16.7 Å². The number of fused-ring (bicyclic) bond motifs is 1. The van der Waals surface area contributed by atoms with Gasteiger partial charge in [-0.2, -0.15) is 9.50 Å². The van der Waals surface area contributed by atoms with E-state index in [0.29, 0.717) is 21.9 Å². The molecule has 0 bridgehead atoms. The van der Waals surface area contributed by atoms with E-state index in [4.69, 9.17) is 4.74 Å². The van der Waals surface area contributed by atoms with Crippen molar-refractivity contribution in [3.63, 3.8) is 0 Å². The van der Waals surface area contributed by atoms with E-state index >= 15 is 0 Å². The first-order valence-corrected chi connectivity index (χ1v) is 8.87. The molecule has 4 rings (SSSR count). The molecule has 0 saturated heterocycles. The summed E-state index contributed by atoms with van der Waals surface area (Å²) in [7, 11) is 0. The number of rotatable bonds is 5. The molecule has 0 N–H and O–H groups in total. The summed E-state index contributed by atoms with van der Waals surface area (Å²) in [6, 6.07) is 17.2. The molecular weight excluding hydrogens is 346 g/mol. The third kappa shape index (κ3) is 3.14. The van der Waals surface area contributed by atoms with Gasteiger partial charge >= 0.3 is 0 Å². The van der Waals surface area contributed by atoms with Gasteiger partial charge in [0.1, 0.15) is 12.4 Å². The van der Waals surface area contributed by atoms with Gasteiger partial charge in [-0.15, -0.1) is 5.10 Å². The Labute approximate surface area is 153 Å². The van der Waals surface area contributed by atoms with Gasteiger partial charge in [-0.1, -0.05) is 54.3 Å². The zero-order chi connectivity index (χ0) is 17.9. The SMILES string of the molecule is C=CCOc1ccc(-c2nc3sc(=Cc4ccccc4)c(=O)n3n2)cc1. The van der Waals surface area contributed by atoms with Gasteiger partial charge in [-0.25, -0.2) is 0 Å². The van der Waals surface area contributed by atoms with E-state index in [-0.39, 0.29) is 5.56 Å². The fourth-order valence-corrected chi connectivity index (χ4v) is 3.42. The lowest BCUT2D eigenvalue weighted by Crippen LogP contribution is -2.23. The first-order valence-electron chi connectivity index (χ1n) is 8.05. The van der Waals surface area contributed by atoms with E-state index in [0.717, 1.165) is 16.9 Å². The second-order valence-corrected chi connectivity index (χ2v) is 6.59. The fourth-order valence-electron chi connectivity index (χ4n) is 2.51. The average molecular weight is 361 g/mol. The van der Waals surface area contributed by atoms with Crippen LogP contribution in [0.5, 0.6) is 5.75 Å². The summed E-state index contributed by atoms with van der Waals surface area (Å²) < 4.78 is 7.44. The molecule has 6 heteroatoms. The maximum atomic E-state index is 12.6. The molecule has 4 aromatic rings. The Morgan fingerprint density at radius 2 is 1.88 bits per heavy atom. The average Bonchev–Trinajstić information content (AvgIpc) is 3.21. The van der Waals surface area contributed by atoms with Crippen LogP contribution in [0.25, 0.3) is 22.4 Å². The van der Waals surface area contributed by atoms with Crippen molar-refractivity contribution >= 4 is 22.4 Å². The molecule has 0 aliphatic carbocycles. The summed E-state index contributed by atoms with van der Waals surface area (Å²) in [6.45, 7) is 4.08. The maximum absolute atomic E-state index is 12.6. The van der Waals surface area contributed by atoms with Crippen LogP contribution in [0.3, 0.4) is 0 Å². The highest BCUT2D eigenvalue weighted by Gasteiger charge is 2.12. The number of benzene rings is 2. The summed E-state index contributed by atoms with van der Waals surface area (Å²) in [5.41, 5.74) is 1.66. The van der Waals surface area contributed by atoms with Crippen molar-refractivity contribution in [1.82, 2.24) is 14.6 Å². The molecule has 0 amide bonds. The lowest BCUT2D eigenvalue weighted by molar-refractivity contribution is 0.363. The number of hydrogen-bond donors (Lipinski definition) is 0. The number of hydrogen-bond acceptors (Lipinski definition) is 5. The third-order valence-corrected chi connectivity index (χ3v) is 4.72. The number of aromatic nitrogens is 3. The monoisotopic (exact) mass is 361 g/mol. The summed E-state index contributed by atoms with van der Waals surface area (Å²) in [5, 5.41) is 4.36. The zero-order valence-electron chi connectivity index (χ0n) is 13.8. The Morgan fingerprint density at radius 1 is 1.12 bits per heavy atom. The largest absolute Gasteiger partial charge is 0.490 e. The van der Waals surface area contributed by atoms with Crippen LogP contribution in [0.1, 0.15) is 5.56 Å². The van der Waals surface area contributed by atoms with Gasteiger partial charge in [0.2, 0.25) is 4.96 Å². The number of ether oxygens (including phenoxy) is 1. The van der Waals surface area contributed by atoms with E-state index in [1.54, 1.807) is 6.08 Å². The van der Waals surface area contributed by atoms with E-state index in [1.165, 1.54) is 15.9 Å². The van der Waals surface area contributed by atoms with Crippen molar-refractivity contribution in [3.05, 3.63) is 87.7 Å². The van der Waals surface area contributed by atoms with Crippen molar-refractivity contribution in [1.29, 1.82) is 0 Å². The summed E-state index contributed by atoms with van der Waals surface area (Å²) >= 11 is 1.33. The normalized spacial score (nSPS) is 11.8. The van der Waals surface area contributed by atoms with Gasteiger partial charge in [0.05, 0.1) is 4.53 Å². The molecule has 128 valence electrons. The smallest absolute Gasteiger partial charge is 0.291 e. The van der Waals surface area contributed by atoms with Crippen LogP contribution in [0.2, 0.25) is 0 Å². The summed E-state index contributed by atoms with van der Waals surface area (Å²) in [4.78, 5) is 17.6. The van der Waals surface area contributed by atoms with Gasteiger partial charge in [0, 0.05) is 5.56 Å². The fraction of sp³-hybridized carbons (Fsp3) is 0.0500. The van der Waals surface area contributed by atoms with Crippen LogP contribution in [-0.2, 0) is 0 Å². The van der Waals surface area contributed by atoms with Crippen molar-refractivity contribution in [2.75, 3.05) is 6.61 Å². The van der Waals surface area contributed by atoms with E-state index in [9.17, 15) is 4.79 Å². The second-order valence-electron chi connectivity index (χ2n) is 5.58. The molecule has 2 aromatic carbocycles. The number of thiazole rings is 1. The van der Waals surface area contributed by atoms with Gasteiger partial charge in [0.25, 0.3) is 5.56 Å². The Balaban J connectivity index is 1.68. The number of nitrogens with zero attached hydrogens (tertiary/aromatic N) is 3. The van der Waals surface area contributed by atoms with Gasteiger partial charge in [-0.3, -0.25) is 4.79 Å². The minimum atomic E-state index is -0.154. The molecular formula is C20H15N3O2S. The minimum absolute atomic E-state index is 0.154. The lowest BCUT2D eigenvalue weighted by atomic mass is 10.2. The molecule has 0 aliphatic heterocycles. The van der Waals surface area contributed by atoms with Crippen LogP contribution >= 0.6 is 11.3 Å². The molecule has 2 heterocycles. The highest BCUT2D eigenvalue weighted by Crippen LogP contribution is 2.20. The minimum Gasteiger partial charge on any atom is -0.490 e. The predicted molar refractivity (Wildman–Crippen MR) is 103 cm³/mol. The first kappa shape index (κ1) is 16.2. The Kier molecular flexibility index (Phi) is 4.33. The molecule has 0 atom stereocenters. The second kappa shape index (κ2) is 6.93. The van der Waals surface area contributed by atoms with Gasteiger partial charge in [0.15, 0.2) is 5.82 Å². The third-order valence-electron chi connectivity index (χ3n) is 3.76. The van der Waals surface area contributed by atoms with Gasteiger partial charge < -0.3 is 4.74 Å². The molecule has 0 fully saturated rings. The van der Waals surface area contributed by atoms with Crippen molar-refractivity contribution in [2.24, 2.45) is 0 Å². The predicted octanol–water partition coefficient (Wildman–Crippen LogP) is 2.93. The first-order chi connectivity index (χ1) is 12.7. The molecule has 0 unspecified atom stereocenters. The van der Waals surface area contributed by atoms with Crippen LogP contribution < -0.4 is 14.8 Å². The highest BCUT2D eigenvalue weighted by atomic mass is 32.1. The molecule has 2 aromatic heterocycles. The van der Waals surface area contributed by atoms with Crippen molar-refractivity contribution in [2.45, 2.75) is 0 Å². The van der Waals surface area contributed by atoms with E-state index in [1.807, 2.05) is 60.7 Å². The van der Waals surface area contributed by atoms with Crippen LogP contribution in [0, 0.1) is 0 Å². The Bertz CT molecular complexity index is 1160. The molecule has 0 saturated carbocycles. The van der Waals surface area contributed by atoms with Crippen molar-refractivity contribution in [3.8, 4) is 17.1 Å². The standard InChI is InChI=1S/C20H15N3O2S/c1-2-12-25-16-10-8-15(9-11-16)18-21-20-23(22-18)19(24)17(26-20)13-14-6-4-3-5-7-14/h2-11,13H,1,12H2. The van der Waals surface area contributed by atoms with Gasteiger partial charge in [-0.05, 0) is 35.9 Å². The van der Waals surface area contributed by atoms with E-state index < -0.39 is 0 Å². The van der Waals surface area contributed by atoms with Crippen LogP contribution in [-0.4, -0.2) is 21.2 Å². The summed E-state index contributed by atoms with van der Waals surface area (Å²) in [5.74, 6) is 1.27. The molecule has 26 heavy (non-hydrogen) atoms. The molecule has 5 nitrogen and oxygen atoms in total. The molecule has 0 spiro atoms. The Hall–Kier alpha value is -3.25. The topological polar surface area (TPSA) is 56.5 Å². The van der Waals surface area contributed by atoms with Crippen molar-refractivity contribution < 1.29 is 4.74 Å². The zero-order valence-corrected chi connectivity index (χ0v) is 14.6.